The average molecular weight is 350 g/mol. The zero-order valence-corrected chi connectivity index (χ0v) is 13.8. The van der Waals surface area contributed by atoms with Gasteiger partial charge in [-0.3, -0.25) is 4.90 Å². The molecule has 108 valence electrons. The summed E-state index contributed by atoms with van der Waals surface area (Å²) < 4.78 is 6.40. The molecule has 1 fully saturated rings. The van der Waals surface area contributed by atoms with Gasteiger partial charge < -0.3 is 10.5 Å². The van der Waals surface area contributed by atoms with E-state index in [1.165, 1.54) is 18.4 Å². The first kappa shape index (κ1) is 16.8. The molecule has 1 unspecified atom stereocenters. The van der Waals surface area contributed by atoms with E-state index >= 15 is 0 Å². The smallest absolute Gasteiger partial charge is 0.119 e. The van der Waals surface area contributed by atoms with Crippen molar-refractivity contribution in [1.82, 2.24) is 4.90 Å². The number of rotatable bonds is 6. The Morgan fingerprint density at radius 2 is 2.16 bits per heavy atom. The number of nitrogens with two attached hydrogens (primary N) is 1. The van der Waals surface area contributed by atoms with Crippen LogP contribution in [0.15, 0.2) is 22.7 Å². The van der Waals surface area contributed by atoms with Gasteiger partial charge in [-0.2, -0.15) is 0 Å². The number of benzene rings is 1. The van der Waals surface area contributed by atoms with Crippen molar-refractivity contribution in [3.63, 3.8) is 0 Å². The average Bonchev–Trinajstić information content (AvgIpc) is 3.17. The van der Waals surface area contributed by atoms with Crippen molar-refractivity contribution in [3.05, 3.63) is 28.2 Å². The van der Waals surface area contributed by atoms with Crippen molar-refractivity contribution in [2.75, 3.05) is 20.7 Å². The van der Waals surface area contributed by atoms with Crippen LogP contribution in [0.1, 0.15) is 18.4 Å². The largest absolute Gasteiger partial charge is 0.497 e. The second-order valence-electron chi connectivity index (χ2n) is 5.01. The lowest BCUT2D eigenvalue weighted by atomic mass is 10.1. The molecule has 1 aliphatic carbocycles. The summed E-state index contributed by atoms with van der Waals surface area (Å²) in [7, 11) is 3.85. The first-order valence-corrected chi connectivity index (χ1v) is 7.17. The van der Waals surface area contributed by atoms with E-state index in [2.05, 4.69) is 33.9 Å². The fraction of sp³-hybridized carbons (Fsp3) is 0.571. The molecule has 5 heteroatoms. The molecule has 1 aliphatic rings. The van der Waals surface area contributed by atoms with Crippen LogP contribution in [0.25, 0.3) is 0 Å². The van der Waals surface area contributed by atoms with E-state index in [9.17, 15) is 0 Å². The zero-order valence-electron chi connectivity index (χ0n) is 11.4. The van der Waals surface area contributed by atoms with Crippen molar-refractivity contribution in [3.8, 4) is 5.75 Å². The van der Waals surface area contributed by atoms with Crippen LogP contribution in [0.2, 0.25) is 0 Å². The minimum atomic E-state index is 0. The number of nitrogens with zero attached hydrogens (tertiary/aromatic N) is 1. The maximum absolute atomic E-state index is 5.88. The molecular weight excluding hydrogens is 328 g/mol. The molecule has 1 aromatic carbocycles. The van der Waals surface area contributed by atoms with Crippen molar-refractivity contribution >= 4 is 28.3 Å². The lowest BCUT2D eigenvalue weighted by Crippen LogP contribution is -2.39. The van der Waals surface area contributed by atoms with Crippen molar-refractivity contribution < 1.29 is 4.74 Å². The quantitative estimate of drug-likeness (QED) is 0.858. The molecule has 0 radical (unpaired) electrons. The second kappa shape index (κ2) is 7.48. The molecule has 0 aromatic heterocycles. The lowest BCUT2D eigenvalue weighted by molar-refractivity contribution is 0.215. The summed E-state index contributed by atoms with van der Waals surface area (Å²) in [6.45, 7) is 1.64. The van der Waals surface area contributed by atoms with Gasteiger partial charge in [-0.05, 0) is 49.6 Å². The predicted molar refractivity (Wildman–Crippen MR) is 85.0 cm³/mol. The Morgan fingerprint density at radius 1 is 1.47 bits per heavy atom. The monoisotopic (exact) mass is 348 g/mol. The third-order valence-electron chi connectivity index (χ3n) is 3.65. The van der Waals surface area contributed by atoms with Gasteiger partial charge in [0.1, 0.15) is 5.75 Å². The summed E-state index contributed by atoms with van der Waals surface area (Å²) in [5.74, 6) is 1.70. The molecular formula is C14H22BrClN2O. The SMILES string of the molecule is COc1ccc(Br)c(CN(C)C(CN)C2CC2)c1.Cl. The standard InChI is InChI=1S/C14H21BrN2O.ClH/c1-17(14(8-16)10-3-4-10)9-11-7-12(18-2)5-6-13(11)15;/h5-7,10,14H,3-4,8-9,16H2,1-2H3;1H. The van der Waals surface area contributed by atoms with Crippen molar-refractivity contribution in [2.45, 2.75) is 25.4 Å². The van der Waals surface area contributed by atoms with Crippen LogP contribution in [-0.2, 0) is 6.54 Å². The molecule has 1 atom stereocenters. The van der Waals surface area contributed by atoms with Crippen LogP contribution in [0, 0.1) is 5.92 Å². The molecule has 2 rings (SSSR count). The van der Waals surface area contributed by atoms with E-state index in [1.807, 2.05) is 12.1 Å². The Hall–Kier alpha value is -0.290. The maximum atomic E-state index is 5.88. The highest BCUT2D eigenvalue weighted by atomic mass is 79.9. The number of hydrogen-bond acceptors (Lipinski definition) is 3. The first-order chi connectivity index (χ1) is 8.65. The van der Waals surface area contributed by atoms with Gasteiger partial charge in [0.2, 0.25) is 0 Å². The molecule has 19 heavy (non-hydrogen) atoms. The topological polar surface area (TPSA) is 38.5 Å². The molecule has 1 aromatic rings. The lowest BCUT2D eigenvalue weighted by Gasteiger charge is -2.27. The predicted octanol–water partition coefficient (Wildman–Crippen LogP) is 3.05. The Labute approximate surface area is 130 Å². The van der Waals surface area contributed by atoms with Crippen LogP contribution in [0.4, 0.5) is 0 Å². The summed E-state index contributed by atoms with van der Waals surface area (Å²) in [4.78, 5) is 2.36. The molecule has 0 saturated heterocycles. The van der Waals surface area contributed by atoms with Crippen LogP contribution in [-0.4, -0.2) is 31.6 Å². The highest BCUT2D eigenvalue weighted by molar-refractivity contribution is 9.10. The normalized spacial score (nSPS) is 16.1. The number of halogens is 2. The van der Waals surface area contributed by atoms with E-state index in [4.69, 9.17) is 10.5 Å². The van der Waals surface area contributed by atoms with Gasteiger partial charge in [-0.15, -0.1) is 12.4 Å². The second-order valence-corrected chi connectivity index (χ2v) is 5.87. The Bertz CT molecular complexity index is 412. The van der Waals surface area contributed by atoms with Gasteiger partial charge in [0.25, 0.3) is 0 Å². The van der Waals surface area contributed by atoms with Gasteiger partial charge in [0.15, 0.2) is 0 Å². The van der Waals surface area contributed by atoms with Crippen molar-refractivity contribution in [2.24, 2.45) is 11.7 Å². The number of likely N-dealkylation sites (N-methyl/N-ethyl adjacent to an activating group) is 1. The van der Waals surface area contributed by atoms with E-state index in [0.29, 0.717) is 6.04 Å². The minimum Gasteiger partial charge on any atom is -0.497 e. The third-order valence-corrected chi connectivity index (χ3v) is 4.42. The van der Waals surface area contributed by atoms with Gasteiger partial charge >= 0.3 is 0 Å². The number of ether oxygens (including phenoxy) is 1. The highest BCUT2D eigenvalue weighted by Gasteiger charge is 2.32. The van der Waals surface area contributed by atoms with Gasteiger partial charge in [0, 0.05) is 23.6 Å². The summed E-state index contributed by atoms with van der Waals surface area (Å²) in [5, 5.41) is 0. The van der Waals surface area contributed by atoms with Crippen LogP contribution in [0.3, 0.4) is 0 Å². The van der Waals surface area contributed by atoms with E-state index in [0.717, 1.165) is 29.2 Å². The van der Waals surface area contributed by atoms with E-state index < -0.39 is 0 Å². The van der Waals surface area contributed by atoms with Gasteiger partial charge in [0.05, 0.1) is 7.11 Å². The Kier molecular flexibility index (Phi) is 6.60. The summed E-state index contributed by atoms with van der Waals surface area (Å²) >= 11 is 3.60. The third kappa shape index (κ3) is 4.35. The molecule has 1 saturated carbocycles. The fourth-order valence-electron chi connectivity index (χ4n) is 2.40. The van der Waals surface area contributed by atoms with Crippen LogP contribution < -0.4 is 10.5 Å². The molecule has 0 aliphatic heterocycles. The molecule has 3 nitrogen and oxygen atoms in total. The number of methoxy groups -OCH3 is 1. The maximum Gasteiger partial charge on any atom is 0.119 e. The number of hydrogen-bond donors (Lipinski definition) is 1. The van der Waals surface area contributed by atoms with Crippen LogP contribution >= 0.6 is 28.3 Å². The van der Waals surface area contributed by atoms with Crippen LogP contribution in [0.5, 0.6) is 5.75 Å². The van der Waals surface area contributed by atoms with Gasteiger partial charge in [-0.25, -0.2) is 0 Å². The van der Waals surface area contributed by atoms with E-state index in [-0.39, 0.29) is 12.4 Å². The summed E-state index contributed by atoms with van der Waals surface area (Å²) in [6.07, 6.45) is 2.65. The molecule has 0 spiro atoms. The highest BCUT2D eigenvalue weighted by Crippen LogP contribution is 2.35. The fourth-order valence-corrected chi connectivity index (χ4v) is 2.77. The minimum absolute atomic E-state index is 0. The summed E-state index contributed by atoms with van der Waals surface area (Å²) in [5.41, 5.74) is 7.13. The Morgan fingerprint density at radius 3 is 2.68 bits per heavy atom. The van der Waals surface area contributed by atoms with Gasteiger partial charge in [-0.1, -0.05) is 15.9 Å². The molecule has 0 bridgehead atoms. The molecule has 2 N–H and O–H groups in total. The van der Waals surface area contributed by atoms with E-state index in [1.54, 1.807) is 7.11 Å². The molecule has 0 amide bonds. The summed E-state index contributed by atoms with van der Waals surface area (Å²) in [6, 6.07) is 6.59. The zero-order chi connectivity index (χ0) is 13.1. The Balaban J connectivity index is 0.00000180. The molecule has 0 heterocycles. The first-order valence-electron chi connectivity index (χ1n) is 6.38. The van der Waals surface area contributed by atoms with Crippen molar-refractivity contribution in [1.29, 1.82) is 0 Å².